The number of hydrogen-bond acceptors (Lipinski definition) is 4. The van der Waals surface area contributed by atoms with Crippen molar-refractivity contribution in [1.82, 2.24) is 10.2 Å². The second-order valence-electron chi connectivity index (χ2n) is 5.33. The normalized spacial score (nSPS) is 20.7. The summed E-state index contributed by atoms with van der Waals surface area (Å²) < 4.78 is 0. The first-order valence-electron chi connectivity index (χ1n) is 7.16. The number of nitrogens with one attached hydrogen (secondary N) is 1. The van der Waals surface area contributed by atoms with E-state index in [1.807, 2.05) is 18.2 Å². The lowest BCUT2D eigenvalue weighted by atomic mass is 10.0. The molecule has 2 rings (SSSR count). The van der Waals surface area contributed by atoms with E-state index >= 15 is 0 Å². The van der Waals surface area contributed by atoms with Crippen molar-refractivity contribution in [2.24, 2.45) is 5.73 Å². The maximum atomic E-state index is 10.2. The molecule has 1 saturated heterocycles. The Labute approximate surface area is 115 Å². The average Bonchev–Trinajstić information content (AvgIpc) is 2.68. The number of aliphatic hydroxyl groups excluding tert-OH is 1. The predicted octanol–water partition coefficient (Wildman–Crippen LogP) is 0.213. The van der Waals surface area contributed by atoms with Gasteiger partial charge in [-0.2, -0.15) is 0 Å². The van der Waals surface area contributed by atoms with Gasteiger partial charge in [0.15, 0.2) is 0 Å². The van der Waals surface area contributed by atoms with Crippen molar-refractivity contribution in [3.63, 3.8) is 0 Å². The van der Waals surface area contributed by atoms with Crippen LogP contribution in [-0.2, 0) is 6.42 Å². The summed E-state index contributed by atoms with van der Waals surface area (Å²) in [6.07, 6.45) is 1.41. The highest BCUT2D eigenvalue weighted by Crippen LogP contribution is 2.06. The fourth-order valence-electron chi connectivity index (χ4n) is 2.51. The van der Waals surface area contributed by atoms with Crippen LogP contribution in [0.4, 0.5) is 0 Å². The lowest BCUT2D eigenvalue weighted by Gasteiger charge is -2.26. The smallest absolute Gasteiger partial charge is 0.0820 e. The molecule has 0 radical (unpaired) electrons. The third-order valence-corrected chi connectivity index (χ3v) is 3.69. The van der Waals surface area contributed by atoms with Gasteiger partial charge in [0.05, 0.1) is 6.10 Å². The zero-order valence-electron chi connectivity index (χ0n) is 11.5. The van der Waals surface area contributed by atoms with Crippen LogP contribution in [0.2, 0.25) is 0 Å². The molecule has 0 bridgehead atoms. The van der Waals surface area contributed by atoms with Crippen LogP contribution in [0.3, 0.4) is 0 Å². The molecule has 0 amide bonds. The third kappa shape index (κ3) is 4.91. The van der Waals surface area contributed by atoms with Crippen LogP contribution in [0.25, 0.3) is 0 Å². The summed E-state index contributed by atoms with van der Waals surface area (Å²) in [5.74, 6) is 0. The van der Waals surface area contributed by atoms with Crippen molar-refractivity contribution < 1.29 is 5.11 Å². The zero-order valence-corrected chi connectivity index (χ0v) is 11.5. The summed E-state index contributed by atoms with van der Waals surface area (Å²) in [6.45, 7) is 4.79. The van der Waals surface area contributed by atoms with Gasteiger partial charge in [0.1, 0.15) is 0 Å². The van der Waals surface area contributed by atoms with Crippen LogP contribution >= 0.6 is 0 Å². The molecule has 1 aliphatic heterocycles. The van der Waals surface area contributed by atoms with E-state index in [-0.39, 0.29) is 6.04 Å². The Kier molecular flexibility index (Phi) is 5.79. The molecule has 4 heteroatoms. The van der Waals surface area contributed by atoms with Crippen LogP contribution in [0.5, 0.6) is 0 Å². The first kappa shape index (κ1) is 14.5. The molecule has 0 aromatic heterocycles. The van der Waals surface area contributed by atoms with Crippen molar-refractivity contribution >= 4 is 0 Å². The molecule has 1 aromatic rings. The van der Waals surface area contributed by atoms with E-state index in [9.17, 15) is 5.11 Å². The maximum Gasteiger partial charge on any atom is 0.0820 e. The molecule has 19 heavy (non-hydrogen) atoms. The minimum atomic E-state index is -0.460. The van der Waals surface area contributed by atoms with Gasteiger partial charge in [0, 0.05) is 25.7 Å². The van der Waals surface area contributed by atoms with Crippen LogP contribution in [-0.4, -0.2) is 54.9 Å². The number of nitrogens with two attached hydrogens (primary N) is 1. The van der Waals surface area contributed by atoms with Crippen molar-refractivity contribution in [3.8, 4) is 0 Å². The number of β-amino-alcohol motifs (C(OH)–C–C–N with tert-alkyl or cyclic N) is 1. The number of hydrogen-bond donors (Lipinski definition) is 3. The molecule has 2 atom stereocenters. The summed E-state index contributed by atoms with van der Waals surface area (Å²) in [5, 5.41) is 13.6. The molecule has 1 heterocycles. The predicted molar refractivity (Wildman–Crippen MR) is 78.1 cm³/mol. The van der Waals surface area contributed by atoms with Gasteiger partial charge in [-0.3, -0.25) is 4.90 Å². The number of nitrogens with zero attached hydrogens (tertiary/aromatic N) is 1. The van der Waals surface area contributed by atoms with Crippen molar-refractivity contribution in [3.05, 3.63) is 35.9 Å². The fraction of sp³-hybridized carbons (Fsp3) is 0.600. The molecule has 4 N–H and O–H groups in total. The largest absolute Gasteiger partial charge is 0.390 e. The van der Waals surface area contributed by atoms with Crippen LogP contribution in [0.1, 0.15) is 12.0 Å². The van der Waals surface area contributed by atoms with E-state index in [4.69, 9.17) is 5.73 Å². The molecule has 4 nitrogen and oxygen atoms in total. The standard InChI is InChI=1S/C15H25N3O/c16-14(11-13-5-2-1-3-6-13)15(19)12-18-9-4-7-17-8-10-18/h1-3,5-6,14-15,17,19H,4,7-12,16H2. The van der Waals surface area contributed by atoms with Gasteiger partial charge in [-0.1, -0.05) is 30.3 Å². The van der Waals surface area contributed by atoms with Crippen molar-refractivity contribution in [2.75, 3.05) is 32.7 Å². The quantitative estimate of drug-likeness (QED) is 0.711. The van der Waals surface area contributed by atoms with Gasteiger partial charge in [-0.15, -0.1) is 0 Å². The fourth-order valence-corrected chi connectivity index (χ4v) is 2.51. The summed E-state index contributed by atoms with van der Waals surface area (Å²) in [6, 6.07) is 9.93. The summed E-state index contributed by atoms with van der Waals surface area (Å²) in [7, 11) is 0. The van der Waals surface area contributed by atoms with E-state index in [0.29, 0.717) is 6.54 Å². The Morgan fingerprint density at radius 2 is 2.00 bits per heavy atom. The second-order valence-corrected chi connectivity index (χ2v) is 5.33. The van der Waals surface area contributed by atoms with Crippen molar-refractivity contribution in [2.45, 2.75) is 25.0 Å². The molecule has 2 unspecified atom stereocenters. The second kappa shape index (κ2) is 7.60. The molecular weight excluding hydrogens is 238 g/mol. The van der Waals surface area contributed by atoms with E-state index < -0.39 is 6.10 Å². The highest BCUT2D eigenvalue weighted by Gasteiger charge is 2.19. The SMILES string of the molecule is NC(Cc1ccccc1)C(O)CN1CCCNCC1. The van der Waals surface area contributed by atoms with E-state index in [0.717, 1.165) is 39.0 Å². The molecule has 0 aliphatic carbocycles. The van der Waals surface area contributed by atoms with Crippen LogP contribution in [0, 0.1) is 0 Å². The summed E-state index contributed by atoms with van der Waals surface area (Å²) >= 11 is 0. The maximum absolute atomic E-state index is 10.2. The van der Waals surface area contributed by atoms with Gasteiger partial charge in [-0.25, -0.2) is 0 Å². The van der Waals surface area contributed by atoms with Gasteiger partial charge >= 0.3 is 0 Å². The van der Waals surface area contributed by atoms with Gasteiger partial charge in [0.2, 0.25) is 0 Å². The molecular formula is C15H25N3O. The minimum Gasteiger partial charge on any atom is -0.390 e. The Bertz CT molecular complexity index is 350. The topological polar surface area (TPSA) is 61.5 Å². The van der Waals surface area contributed by atoms with Gasteiger partial charge in [-0.05, 0) is 31.5 Å². The van der Waals surface area contributed by atoms with Gasteiger partial charge < -0.3 is 16.2 Å². The highest BCUT2D eigenvalue weighted by atomic mass is 16.3. The summed E-state index contributed by atoms with van der Waals surface area (Å²) in [4.78, 5) is 2.30. The Balaban J connectivity index is 1.79. The molecule has 106 valence electrons. The van der Waals surface area contributed by atoms with Crippen LogP contribution in [0.15, 0.2) is 30.3 Å². The van der Waals surface area contributed by atoms with Crippen LogP contribution < -0.4 is 11.1 Å². The van der Waals surface area contributed by atoms with E-state index in [1.165, 1.54) is 5.56 Å². The number of rotatable bonds is 5. The molecule has 1 fully saturated rings. The molecule has 0 spiro atoms. The lowest BCUT2D eigenvalue weighted by Crippen LogP contribution is -2.45. The Morgan fingerprint density at radius 3 is 2.79 bits per heavy atom. The molecule has 1 aromatic carbocycles. The molecule has 0 saturated carbocycles. The van der Waals surface area contributed by atoms with E-state index in [2.05, 4.69) is 22.3 Å². The molecule has 1 aliphatic rings. The Hall–Kier alpha value is -0.940. The van der Waals surface area contributed by atoms with E-state index in [1.54, 1.807) is 0 Å². The Morgan fingerprint density at radius 1 is 1.21 bits per heavy atom. The zero-order chi connectivity index (χ0) is 13.5. The first-order chi connectivity index (χ1) is 9.25. The number of aliphatic hydroxyl groups is 1. The average molecular weight is 263 g/mol. The van der Waals surface area contributed by atoms with Crippen molar-refractivity contribution in [1.29, 1.82) is 0 Å². The summed E-state index contributed by atoms with van der Waals surface area (Å²) in [5.41, 5.74) is 7.30. The monoisotopic (exact) mass is 263 g/mol. The van der Waals surface area contributed by atoms with Gasteiger partial charge in [0.25, 0.3) is 0 Å². The third-order valence-electron chi connectivity index (χ3n) is 3.69. The highest BCUT2D eigenvalue weighted by molar-refractivity contribution is 5.16. The first-order valence-corrected chi connectivity index (χ1v) is 7.16. The number of benzene rings is 1. The lowest BCUT2D eigenvalue weighted by molar-refractivity contribution is 0.0937. The minimum absolute atomic E-state index is 0.196.